The minimum atomic E-state index is -3.92. The van der Waals surface area contributed by atoms with Gasteiger partial charge in [-0.25, -0.2) is 13.4 Å². The molecule has 2 aromatic carbocycles. The minimum absolute atomic E-state index is 0.00699. The molecule has 2 aliphatic heterocycles. The van der Waals surface area contributed by atoms with E-state index in [0.717, 1.165) is 61.9 Å². The topological polar surface area (TPSA) is 198 Å². The molecular weight excluding hydrogens is 749 g/mol. The molecule has 1 atom stereocenters. The number of nitrogens with zero attached hydrogens (tertiary/aromatic N) is 7. The summed E-state index contributed by atoms with van der Waals surface area (Å²) >= 11 is 0. The lowest BCUT2D eigenvalue weighted by Crippen LogP contribution is -2.39. The number of fused-ring (bicyclic) bond motifs is 1. The molecule has 56 heavy (non-hydrogen) atoms. The number of allylic oxidation sites excluding steroid dienone is 1. The number of aldehydes is 1. The van der Waals surface area contributed by atoms with Gasteiger partial charge in [0, 0.05) is 51.6 Å². The fourth-order valence-corrected chi connectivity index (χ4v) is 8.52. The molecule has 1 unspecified atom stereocenters. The number of carbonyl (C=O) groups excluding carboxylic acids is 2. The Bertz CT molecular complexity index is 2080. The van der Waals surface area contributed by atoms with E-state index in [1.54, 1.807) is 11.7 Å². The van der Waals surface area contributed by atoms with Crippen molar-refractivity contribution >= 4 is 45.7 Å². The van der Waals surface area contributed by atoms with Gasteiger partial charge in [0.25, 0.3) is 0 Å². The van der Waals surface area contributed by atoms with E-state index in [4.69, 9.17) is 10.5 Å². The lowest BCUT2D eigenvalue weighted by atomic mass is 9.88. The fraction of sp³-hybridized carbons (Fsp3) is 0.474. The number of nitriles is 1. The number of aryl methyl sites for hydroxylation is 1. The number of likely N-dealkylation sites (tertiary alicyclic amines) is 1. The van der Waals surface area contributed by atoms with Crippen LogP contribution in [0.2, 0.25) is 0 Å². The molecule has 0 aliphatic carbocycles. The van der Waals surface area contributed by atoms with E-state index >= 15 is 0 Å². The Balaban J connectivity index is 1.13. The van der Waals surface area contributed by atoms with Crippen molar-refractivity contribution in [2.75, 3.05) is 46.4 Å². The first-order chi connectivity index (χ1) is 27.0. The van der Waals surface area contributed by atoms with Gasteiger partial charge >= 0.3 is 6.61 Å². The highest BCUT2D eigenvalue weighted by Crippen LogP contribution is 2.33. The molecule has 3 N–H and O–H groups in total. The van der Waals surface area contributed by atoms with Crippen LogP contribution in [0.15, 0.2) is 63.2 Å². The number of nitrogens with one attached hydrogen (secondary N) is 1. The molecule has 18 heteroatoms. The van der Waals surface area contributed by atoms with Crippen LogP contribution >= 0.6 is 0 Å². The highest BCUT2D eigenvalue weighted by atomic mass is 32.2. The molecule has 15 nitrogen and oxygen atoms in total. The third-order valence-corrected chi connectivity index (χ3v) is 12.1. The van der Waals surface area contributed by atoms with Crippen molar-refractivity contribution in [1.82, 2.24) is 24.3 Å². The standard InChI is InChI=1S/C38H47F2N9O6S/c1-43-36(51)8-5-29(24-50)37-33-7-4-27(19-34(33)47(2)46-37)26-9-13-48(14-10-26)17-18-54-35-20-32(6-3-28(35)21-41)56(52,53)49-15-11-30(12-16-49)45-23-31(22-44-25-42)55-38(39)40/h3-4,6-7,19-20,22-26,29-30,38H,5,8-18H2,1-2H3,(H2,42,44)(H,43,51)/b31-22+,45-23?. The van der Waals surface area contributed by atoms with Gasteiger partial charge in [-0.15, -0.1) is 0 Å². The second-order valence-electron chi connectivity index (χ2n) is 13.6. The van der Waals surface area contributed by atoms with Crippen molar-refractivity contribution < 1.29 is 36.3 Å². The Morgan fingerprint density at radius 3 is 2.55 bits per heavy atom. The van der Waals surface area contributed by atoms with E-state index < -0.39 is 22.6 Å². The van der Waals surface area contributed by atoms with E-state index in [9.17, 15) is 32.0 Å². The highest BCUT2D eigenvalue weighted by Gasteiger charge is 2.30. The maximum atomic E-state index is 13.6. The van der Waals surface area contributed by atoms with Crippen molar-refractivity contribution in [3.63, 3.8) is 0 Å². The van der Waals surface area contributed by atoms with Crippen molar-refractivity contribution in [2.45, 2.75) is 67.9 Å². The van der Waals surface area contributed by atoms with Crippen LogP contribution in [-0.2, 0) is 31.4 Å². The van der Waals surface area contributed by atoms with Crippen LogP contribution in [0.4, 0.5) is 8.78 Å². The molecular formula is C38H47F2N9O6S. The maximum Gasteiger partial charge on any atom is 0.387 e. The van der Waals surface area contributed by atoms with Gasteiger partial charge in [0.05, 0.1) is 52.4 Å². The van der Waals surface area contributed by atoms with Gasteiger partial charge in [-0.1, -0.05) is 12.1 Å². The van der Waals surface area contributed by atoms with E-state index in [1.807, 2.05) is 13.1 Å². The normalized spacial score (nSPS) is 17.5. The number of sulfonamides is 1. The van der Waals surface area contributed by atoms with Crippen LogP contribution in [0.25, 0.3) is 10.9 Å². The van der Waals surface area contributed by atoms with E-state index in [0.29, 0.717) is 37.4 Å². The van der Waals surface area contributed by atoms with Crippen LogP contribution in [-0.4, -0.2) is 111 Å². The van der Waals surface area contributed by atoms with Gasteiger partial charge in [-0.2, -0.15) is 23.4 Å². The van der Waals surface area contributed by atoms with E-state index in [2.05, 4.69) is 48.2 Å². The number of nitrogens with two attached hydrogens (primary N) is 1. The molecule has 1 aromatic heterocycles. The Kier molecular flexibility index (Phi) is 14.6. The summed E-state index contributed by atoms with van der Waals surface area (Å²) in [6, 6.07) is 12.3. The lowest BCUT2D eigenvalue weighted by molar-refractivity contribution is -0.120. The summed E-state index contributed by atoms with van der Waals surface area (Å²) in [6.07, 6.45) is 7.11. The molecule has 0 bridgehead atoms. The number of aromatic nitrogens is 2. The summed E-state index contributed by atoms with van der Waals surface area (Å²) in [5.74, 6) is -0.341. The zero-order valence-corrected chi connectivity index (χ0v) is 32.2. The van der Waals surface area contributed by atoms with Crippen LogP contribution in [0, 0.1) is 11.3 Å². The van der Waals surface area contributed by atoms with Gasteiger partial charge in [0.2, 0.25) is 15.9 Å². The van der Waals surface area contributed by atoms with Gasteiger partial charge in [-0.05, 0) is 74.9 Å². The monoisotopic (exact) mass is 795 g/mol. The highest BCUT2D eigenvalue weighted by molar-refractivity contribution is 7.89. The van der Waals surface area contributed by atoms with Gasteiger partial charge < -0.3 is 25.3 Å². The summed E-state index contributed by atoms with van der Waals surface area (Å²) in [6.45, 7) is -0.248. The van der Waals surface area contributed by atoms with Crippen LogP contribution in [0.5, 0.6) is 5.75 Å². The summed E-state index contributed by atoms with van der Waals surface area (Å²) in [5.41, 5.74) is 8.20. The Hall–Kier alpha value is -5.25. The van der Waals surface area contributed by atoms with Crippen LogP contribution in [0.1, 0.15) is 67.2 Å². The van der Waals surface area contributed by atoms with Crippen LogP contribution in [0.3, 0.4) is 0 Å². The Labute approximate surface area is 324 Å². The number of piperidine rings is 2. The van der Waals surface area contributed by atoms with Gasteiger partial charge in [0.1, 0.15) is 24.7 Å². The Morgan fingerprint density at radius 2 is 1.89 bits per heavy atom. The summed E-state index contributed by atoms with van der Waals surface area (Å²) in [4.78, 5) is 33.8. The predicted molar refractivity (Wildman–Crippen MR) is 206 cm³/mol. The molecule has 2 aliphatic rings. The summed E-state index contributed by atoms with van der Waals surface area (Å²) < 4.78 is 66.1. The third kappa shape index (κ3) is 10.5. The molecule has 5 rings (SSSR count). The first-order valence-electron chi connectivity index (χ1n) is 18.4. The van der Waals surface area contributed by atoms with Crippen molar-refractivity contribution in [3.05, 3.63) is 65.2 Å². The molecule has 3 aromatic rings. The summed E-state index contributed by atoms with van der Waals surface area (Å²) in [7, 11) is -0.487. The SMILES string of the molecule is CNC(=O)CCC(C=O)c1nn(C)c2cc(C3CCN(CCOc4cc(S(=O)(=O)N5CCC(N=C/C(=C\N=CN)OC(F)F)CC5)ccc4C#N)CC3)ccc12. The molecule has 0 radical (unpaired) electrons. The van der Waals surface area contributed by atoms with Crippen molar-refractivity contribution in [1.29, 1.82) is 5.26 Å². The Morgan fingerprint density at radius 1 is 1.14 bits per heavy atom. The molecule has 2 fully saturated rings. The average Bonchev–Trinajstić information content (AvgIpc) is 3.54. The molecule has 0 saturated carbocycles. The number of carbonyl (C=O) groups is 2. The number of hydrogen-bond donors (Lipinski definition) is 2. The second kappa shape index (κ2) is 19.6. The minimum Gasteiger partial charge on any atom is -0.491 e. The number of amides is 1. The number of aliphatic imine (C=N–C) groups is 2. The van der Waals surface area contributed by atoms with Crippen molar-refractivity contribution in [2.24, 2.45) is 22.8 Å². The molecule has 3 heterocycles. The fourth-order valence-electron chi connectivity index (χ4n) is 7.03. The quantitative estimate of drug-likeness (QED) is 0.0878. The number of rotatable bonds is 17. The number of halogens is 2. The van der Waals surface area contributed by atoms with E-state index in [-0.39, 0.29) is 60.0 Å². The van der Waals surface area contributed by atoms with Crippen molar-refractivity contribution in [3.8, 4) is 11.8 Å². The zero-order valence-electron chi connectivity index (χ0n) is 31.4. The number of alkyl halides is 2. The smallest absolute Gasteiger partial charge is 0.387 e. The van der Waals surface area contributed by atoms with Gasteiger partial charge in [0.15, 0.2) is 5.76 Å². The number of hydrogen-bond acceptors (Lipinski definition) is 11. The van der Waals surface area contributed by atoms with Gasteiger partial charge in [-0.3, -0.25) is 19.4 Å². The predicted octanol–water partition coefficient (Wildman–Crippen LogP) is 3.80. The van der Waals surface area contributed by atoms with E-state index in [1.165, 1.54) is 28.1 Å². The number of ether oxygens (including phenoxy) is 2. The molecule has 300 valence electrons. The second-order valence-corrected chi connectivity index (χ2v) is 15.5. The first-order valence-corrected chi connectivity index (χ1v) is 19.8. The van der Waals surface area contributed by atoms with Crippen LogP contribution < -0.4 is 15.8 Å². The number of benzene rings is 2. The summed E-state index contributed by atoms with van der Waals surface area (Å²) in [5, 5.41) is 17.9. The lowest BCUT2D eigenvalue weighted by Gasteiger charge is -2.32. The molecule has 0 spiro atoms. The largest absolute Gasteiger partial charge is 0.491 e. The maximum absolute atomic E-state index is 13.6. The molecule has 2 saturated heterocycles. The first kappa shape index (κ1) is 41.9. The third-order valence-electron chi connectivity index (χ3n) is 10.2. The zero-order chi connectivity index (χ0) is 40.2. The molecule has 1 amide bonds. The average molecular weight is 796 g/mol.